The fourth-order valence-corrected chi connectivity index (χ4v) is 4.13. The molecule has 6 nitrogen and oxygen atoms in total. The van der Waals surface area contributed by atoms with Gasteiger partial charge in [-0.2, -0.15) is 0 Å². The van der Waals surface area contributed by atoms with Crippen molar-refractivity contribution < 1.29 is 19.0 Å². The van der Waals surface area contributed by atoms with Crippen LogP contribution >= 0.6 is 0 Å². The fraction of sp³-hybridized carbons (Fsp3) is 0.409. The summed E-state index contributed by atoms with van der Waals surface area (Å²) in [6.07, 6.45) is 1.93. The van der Waals surface area contributed by atoms with Gasteiger partial charge in [0.2, 0.25) is 5.91 Å². The van der Waals surface area contributed by atoms with Crippen LogP contribution in [0.4, 0.5) is 5.69 Å². The third-order valence-corrected chi connectivity index (χ3v) is 5.52. The molecule has 1 amide bonds. The maximum atomic E-state index is 13.2. The Bertz CT molecular complexity index is 854. The average molecular weight is 382 g/mol. The molecule has 0 aliphatic carbocycles. The van der Waals surface area contributed by atoms with Crippen molar-refractivity contribution in [2.24, 2.45) is 0 Å². The zero-order valence-corrected chi connectivity index (χ0v) is 16.4. The molecule has 148 valence electrons. The van der Waals surface area contributed by atoms with Gasteiger partial charge in [0, 0.05) is 18.2 Å². The smallest absolute Gasteiger partial charge is 0.242 e. The topological polar surface area (TPSA) is 51.2 Å². The van der Waals surface area contributed by atoms with Crippen LogP contribution in [-0.4, -0.2) is 51.3 Å². The van der Waals surface area contributed by atoms with Crippen molar-refractivity contribution in [2.45, 2.75) is 18.9 Å². The van der Waals surface area contributed by atoms with Crippen molar-refractivity contribution >= 4 is 11.6 Å². The second-order valence-electron chi connectivity index (χ2n) is 7.09. The first kappa shape index (κ1) is 18.5. The van der Waals surface area contributed by atoms with E-state index in [0.29, 0.717) is 19.7 Å². The number of likely N-dealkylation sites (tertiary alicyclic amines) is 1. The quantitative estimate of drug-likeness (QED) is 0.794. The lowest BCUT2D eigenvalue weighted by Crippen LogP contribution is -2.43. The first-order chi connectivity index (χ1) is 13.7. The van der Waals surface area contributed by atoms with E-state index in [-0.39, 0.29) is 11.9 Å². The number of nitrogens with zero attached hydrogens (tertiary/aromatic N) is 2. The summed E-state index contributed by atoms with van der Waals surface area (Å²) in [5, 5.41) is 0. The Morgan fingerprint density at radius 2 is 2.00 bits per heavy atom. The number of anilines is 1. The van der Waals surface area contributed by atoms with Crippen LogP contribution in [-0.2, 0) is 4.79 Å². The molecule has 0 aromatic heterocycles. The Kier molecular flexibility index (Phi) is 5.28. The molecular weight excluding hydrogens is 356 g/mol. The van der Waals surface area contributed by atoms with Crippen LogP contribution in [0.1, 0.15) is 24.4 Å². The first-order valence-electron chi connectivity index (χ1n) is 9.69. The van der Waals surface area contributed by atoms with Crippen LogP contribution in [0.15, 0.2) is 42.5 Å². The largest absolute Gasteiger partial charge is 0.497 e. The molecular formula is C22H26N2O4. The average Bonchev–Trinajstić information content (AvgIpc) is 3.23. The Morgan fingerprint density at radius 1 is 1.14 bits per heavy atom. The number of ether oxygens (including phenoxy) is 3. The van der Waals surface area contributed by atoms with Crippen molar-refractivity contribution in [1.82, 2.24) is 4.90 Å². The monoisotopic (exact) mass is 382 g/mol. The van der Waals surface area contributed by atoms with Gasteiger partial charge in [0.1, 0.15) is 23.9 Å². The van der Waals surface area contributed by atoms with E-state index in [9.17, 15) is 4.79 Å². The van der Waals surface area contributed by atoms with E-state index >= 15 is 0 Å². The van der Waals surface area contributed by atoms with Gasteiger partial charge in [0.15, 0.2) is 0 Å². The molecule has 2 aliphatic rings. The lowest BCUT2D eigenvalue weighted by atomic mass is 10.0. The molecule has 4 rings (SSSR count). The molecule has 0 bridgehead atoms. The van der Waals surface area contributed by atoms with Gasteiger partial charge in [0.25, 0.3) is 0 Å². The van der Waals surface area contributed by atoms with Crippen LogP contribution in [0, 0.1) is 0 Å². The van der Waals surface area contributed by atoms with Gasteiger partial charge in [-0.1, -0.05) is 12.1 Å². The minimum absolute atomic E-state index is 0.0321. The number of rotatable bonds is 5. The number of hydrogen-bond donors (Lipinski definition) is 0. The van der Waals surface area contributed by atoms with Crippen molar-refractivity contribution in [2.75, 3.05) is 45.4 Å². The van der Waals surface area contributed by atoms with E-state index in [2.05, 4.69) is 4.90 Å². The number of hydrogen-bond acceptors (Lipinski definition) is 5. The summed E-state index contributed by atoms with van der Waals surface area (Å²) < 4.78 is 16.6. The van der Waals surface area contributed by atoms with Gasteiger partial charge in [-0.15, -0.1) is 0 Å². The van der Waals surface area contributed by atoms with E-state index in [0.717, 1.165) is 47.9 Å². The van der Waals surface area contributed by atoms with Crippen LogP contribution < -0.4 is 19.1 Å². The molecule has 2 aromatic rings. The maximum absolute atomic E-state index is 13.2. The molecule has 0 radical (unpaired) electrons. The van der Waals surface area contributed by atoms with Crippen molar-refractivity contribution in [3.63, 3.8) is 0 Å². The Hall–Kier alpha value is -2.89. The first-order valence-corrected chi connectivity index (χ1v) is 9.69. The molecule has 0 spiro atoms. The summed E-state index contributed by atoms with van der Waals surface area (Å²) in [7, 11) is 3.30. The highest BCUT2D eigenvalue weighted by Gasteiger charge is 2.33. The summed E-state index contributed by atoms with van der Waals surface area (Å²) in [5.41, 5.74) is 2.02. The van der Waals surface area contributed by atoms with E-state index in [1.165, 1.54) is 0 Å². The van der Waals surface area contributed by atoms with E-state index < -0.39 is 0 Å². The second-order valence-corrected chi connectivity index (χ2v) is 7.09. The van der Waals surface area contributed by atoms with Gasteiger partial charge in [-0.05, 0) is 37.1 Å². The Balaban J connectivity index is 1.54. The zero-order valence-electron chi connectivity index (χ0n) is 16.4. The second kappa shape index (κ2) is 8.00. The highest BCUT2D eigenvalue weighted by atomic mass is 16.5. The molecule has 1 atom stereocenters. The summed E-state index contributed by atoms with van der Waals surface area (Å²) >= 11 is 0. The summed E-state index contributed by atoms with van der Waals surface area (Å²) in [5.74, 6) is 2.50. The normalized spacial score (nSPS) is 18.4. The number of para-hydroxylation sites is 2. The third kappa shape index (κ3) is 3.46. The minimum atomic E-state index is 0.0321. The SMILES string of the molecule is COc1ccc(C2CCCN2C(=O)CN2CCOc3ccccc32)c(OC)c1. The minimum Gasteiger partial charge on any atom is -0.497 e. The number of fused-ring (bicyclic) bond motifs is 1. The number of carbonyl (C=O) groups excluding carboxylic acids is 1. The predicted octanol–water partition coefficient (Wildman–Crippen LogP) is 3.27. The van der Waals surface area contributed by atoms with E-state index in [1.54, 1.807) is 14.2 Å². The van der Waals surface area contributed by atoms with Crippen LogP contribution in [0.3, 0.4) is 0 Å². The van der Waals surface area contributed by atoms with Gasteiger partial charge < -0.3 is 24.0 Å². The molecule has 0 saturated carbocycles. The zero-order chi connectivity index (χ0) is 19.5. The van der Waals surface area contributed by atoms with Crippen molar-refractivity contribution in [3.8, 4) is 17.2 Å². The van der Waals surface area contributed by atoms with Crippen molar-refractivity contribution in [1.29, 1.82) is 0 Å². The van der Waals surface area contributed by atoms with Gasteiger partial charge in [-0.25, -0.2) is 0 Å². The fourth-order valence-electron chi connectivity index (χ4n) is 4.13. The highest BCUT2D eigenvalue weighted by molar-refractivity contribution is 5.83. The molecule has 2 aliphatic heterocycles. The number of benzene rings is 2. The van der Waals surface area contributed by atoms with E-state index in [4.69, 9.17) is 14.2 Å². The van der Waals surface area contributed by atoms with Crippen molar-refractivity contribution in [3.05, 3.63) is 48.0 Å². The predicted molar refractivity (Wildman–Crippen MR) is 107 cm³/mol. The lowest BCUT2D eigenvalue weighted by molar-refractivity contribution is -0.130. The standard InChI is InChI=1S/C22H26N2O4/c1-26-16-9-10-17(21(14-16)27-2)18-7-5-11-24(18)22(25)15-23-12-13-28-20-8-4-3-6-19(20)23/h3-4,6,8-10,14,18H,5,7,11-13,15H2,1-2H3. The molecule has 6 heteroatoms. The van der Waals surface area contributed by atoms with Gasteiger partial charge >= 0.3 is 0 Å². The molecule has 0 N–H and O–H groups in total. The molecule has 2 heterocycles. The number of methoxy groups -OCH3 is 2. The number of carbonyl (C=O) groups is 1. The maximum Gasteiger partial charge on any atom is 0.242 e. The van der Waals surface area contributed by atoms with Crippen LogP contribution in [0.2, 0.25) is 0 Å². The summed E-state index contributed by atoms with van der Waals surface area (Å²) in [4.78, 5) is 17.3. The third-order valence-electron chi connectivity index (χ3n) is 5.52. The van der Waals surface area contributed by atoms with Gasteiger partial charge in [-0.3, -0.25) is 4.79 Å². The molecule has 1 fully saturated rings. The number of amides is 1. The highest BCUT2D eigenvalue weighted by Crippen LogP contribution is 2.39. The van der Waals surface area contributed by atoms with Crippen LogP contribution in [0.25, 0.3) is 0 Å². The molecule has 1 unspecified atom stereocenters. The Labute approximate surface area is 165 Å². The molecule has 28 heavy (non-hydrogen) atoms. The van der Waals surface area contributed by atoms with Gasteiger partial charge in [0.05, 0.1) is 39.0 Å². The molecule has 1 saturated heterocycles. The lowest BCUT2D eigenvalue weighted by Gasteiger charge is -2.33. The summed E-state index contributed by atoms with van der Waals surface area (Å²) in [6.45, 7) is 2.44. The van der Waals surface area contributed by atoms with Crippen LogP contribution in [0.5, 0.6) is 17.2 Å². The van der Waals surface area contributed by atoms with E-state index in [1.807, 2.05) is 47.4 Å². The molecule has 2 aromatic carbocycles. The Morgan fingerprint density at radius 3 is 2.82 bits per heavy atom. The summed E-state index contributed by atoms with van der Waals surface area (Å²) in [6, 6.07) is 13.7.